The van der Waals surface area contributed by atoms with Crippen molar-refractivity contribution in [3.8, 4) is 0 Å². The lowest BCUT2D eigenvalue weighted by Gasteiger charge is -2.26. The Morgan fingerprint density at radius 3 is 2.71 bits per heavy atom. The maximum atomic E-state index is 12.2. The molecule has 0 aliphatic carbocycles. The van der Waals surface area contributed by atoms with Gasteiger partial charge in [0.1, 0.15) is 11.4 Å². The lowest BCUT2D eigenvalue weighted by atomic mass is 10.2. The molecule has 0 saturated heterocycles. The third kappa shape index (κ3) is 5.39. The quantitative estimate of drug-likeness (QED) is 0.846. The second-order valence-corrected chi connectivity index (χ2v) is 7.52. The second-order valence-electron chi connectivity index (χ2n) is 7.52. The number of fused-ring (bicyclic) bond motifs is 1. The van der Waals surface area contributed by atoms with E-state index in [1.165, 1.54) is 11.3 Å². The fourth-order valence-corrected chi connectivity index (χ4v) is 2.74. The van der Waals surface area contributed by atoms with Crippen molar-refractivity contribution in [1.29, 1.82) is 0 Å². The van der Waals surface area contributed by atoms with Gasteiger partial charge in [-0.2, -0.15) is 0 Å². The van der Waals surface area contributed by atoms with Gasteiger partial charge in [-0.1, -0.05) is 18.6 Å². The van der Waals surface area contributed by atoms with Crippen LogP contribution < -0.4 is 0 Å². The van der Waals surface area contributed by atoms with Crippen LogP contribution in [0.4, 0.5) is 4.79 Å². The summed E-state index contributed by atoms with van der Waals surface area (Å²) in [6.07, 6.45) is 6.73. The summed E-state index contributed by atoms with van der Waals surface area (Å²) < 4.78 is 5.47. The van der Waals surface area contributed by atoms with Gasteiger partial charge in [-0.15, -0.1) is 0 Å². The number of allylic oxidation sites excluding steroid dienone is 2. The molecule has 0 bridgehead atoms. The molecule has 2 rings (SSSR count). The number of amides is 1. The fourth-order valence-electron chi connectivity index (χ4n) is 2.74. The minimum atomic E-state index is -0.451. The average molecular weight is 333 g/mol. The number of nitrogens with one attached hydrogen (secondary N) is 1. The van der Waals surface area contributed by atoms with Gasteiger partial charge in [0.25, 0.3) is 0 Å². The minimum Gasteiger partial charge on any atom is -0.444 e. The molecule has 0 saturated carbocycles. The Hall–Kier alpha value is -1.78. The highest BCUT2D eigenvalue weighted by atomic mass is 16.6. The molecule has 0 fully saturated rings. The van der Waals surface area contributed by atoms with E-state index in [9.17, 15) is 4.79 Å². The van der Waals surface area contributed by atoms with Crippen molar-refractivity contribution in [2.45, 2.75) is 72.3 Å². The smallest absolute Gasteiger partial charge is 0.410 e. The van der Waals surface area contributed by atoms with Gasteiger partial charge >= 0.3 is 6.09 Å². The molecule has 1 aliphatic rings. The monoisotopic (exact) mass is 333 g/mol. The third-order valence-electron chi connectivity index (χ3n) is 4.25. The molecule has 0 spiro atoms. The summed E-state index contributed by atoms with van der Waals surface area (Å²) in [5.74, 6) is 1.06. The first-order valence-corrected chi connectivity index (χ1v) is 8.98. The van der Waals surface area contributed by atoms with E-state index in [0.29, 0.717) is 13.1 Å². The van der Waals surface area contributed by atoms with Crippen LogP contribution in [0.25, 0.3) is 0 Å². The summed E-state index contributed by atoms with van der Waals surface area (Å²) in [4.78, 5) is 22.2. The second kappa shape index (κ2) is 7.86. The highest BCUT2D eigenvalue weighted by molar-refractivity contribution is 5.68. The molecular weight excluding hydrogens is 302 g/mol. The SMILES string of the molecule is CC/C(C)=C\CCc1nc2c([nH]1)CCN(C(=O)OC(C)(C)C)CC2. The highest BCUT2D eigenvalue weighted by Crippen LogP contribution is 2.17. The molecule has 1 N–H and O–H groups in total. The normalized spacial score (nSPS) is 15.9. The zero-order valence-corrected chi connectivity index (χ0v) is 15.7. The number of ether oxygens (including phenoxy) is 1. The Kier molecular flexibility index (Phi) is 6.08. The molecule has 1 aliphatic heterocycles. The van der Waals surface area contributed by atoms with Crippen molar-refractivity contribution in [2.24, 2.45) is 0 Å². The molecule has 24 heavy (non-hydrogen) atoms. The third-order valence-corrected chi connectivity index (χ3v) is 4.25. The van der Waals surface area contributed by atoms with Crippen LogP contribution in [0.1, 0.15) is 64.7 Å². The van der Waals surface area contributed by atoms with E-state index < -0.39 is 5.60 Å². The molecule has 0 unspecified atom stereocenters. The summed E-state index contributed by atoms with van der Waals surface area (Å²) in [7, 11) is 0. The lowest BCUT2D eigenvalue weighted by Crippen LogP contribution is -2.38. The predicted octanol–water partition coefficient (Wildman–Crippen LogP) is 4.03. The van der Waals surface area contributed by atoms with Crippen LogP contribution in [0.2, 0.25) is 0 Å². The summed E-state index contributed by atoms with van der Waals surface area (Å²) >= 11 is 0. The van der Waals surface area contributed by atoms with Crippen molar-refractivity contribution in [1.82, 2.24) is 14.9 Å². The molecule has 1 aromatic heterocycles. The van der Waals surface area contributed by atoms with Crippen LogP contribution in [0, 0.1) is 0 Å². The number of imidazole rings is 1. The van der Waals surface area contributed by atoms with Gasteiger partial charge in [0.05, 0.1) is 5.69 Å². The molecule has 1 aromatic rings. The topological polar surface area (TPSA) is 58.2 Å². The molecule has 0 aromatic carbocycles. The van der Waals surface area contributed by atoms with Crippen molar-refractivity contribution in [3.05, 3.63) is 28.9 Å². The Morgan fingerprint density at radius 1 is 1.33 bits per heavy atom. The predicted molar refractivity (Wildman–Crippen MR) is 96.2 cm³/mol. The van der Waals surface area contributed by atoms with Gasteiger partial charge < -0.3 is 14.6 Å². The van der Waals surface area contributed by atoms with Gasteiger partial charge in [-0.3, -0.25) is 0 Å². The number of aryl methyl sites for hydroxylation is 1. The molecule has 0 atom stereocenters. The van der Waals surface area contributed by atoms with E-state index in [0.717, 1.165) is 43.6 Å². The maximum Gasteiger partial charge on any atom is 0.410 e. The van der Waals surface area contributed by atoms with Crippen LogP contribution in [-0.4, -0.2) is 39.7 Å². The first-order valence-electron chi connectivity index (χ1n) is 8.98. The van der Waals surface area contributed by atoms with Crippen LogP contribution in [0.15, 0.2) is 11.6 Å². The molecular formula is C19H31N3O2. The van der Waals surface area contributed by atoms with Crippen LogP contribution in [-0.2, 0) is 24.0 Å². The standard InChI is InChI=1S/C19H31N3O2/c1-6-14(2)8-7-9-17-20-15-10-12-22(13-11-16(15)21-17)18(23)24-19(3,4)5/h8H,6-7,9-13H2,1-5H3,(H,20,21)/b14-8-. The summed E-state index contributed by atoms with van der Waals surface area (Å²) in [6.45, 7) is 11.4. The van der Waals surface area contributed by atoms with Crippen molar-refractivity contribution >= 4 is 6.09 Å². The number of carbonyl (C=O) groups is 1. The summed E-state index contributed by atoms with van der Waals surface area (Å²) in [6, 6.07) is 0. The van der Waals surface area contributed by atoms with Crippen molar-refractivity contribution in [3.63, 3.8) is 0 Å². The molecule has 5 heteroatoms. The number of hydrogen-bond donors (Lipinski definition) is 1. The van der Waals surface area contributed by atoms with E-state index in [2.05, 4.69) is 24.9 Å². The van der Waals surface area contributed by atoms with Crippen LogP contribution in [0.5, 0.6) is 0 Å². The number of H-pyrrole nitrogens is 1. The zero-order valence-electron chi connectivity index (χ0n) is 15.7. The van der Waals surface area contributed by atoms with Crippen molar-refractivity contribution in [2.75, 3.05) is 13.1 Å². The lowest BCUT2D eigenvalue weighted by molar-refractivity contribution is 0.0258. The Bertz CT molecular complexity index is 571. The van der Waals surface area contributed by atoms with Crippen LogP contribution >= 0.6 is 0 Å². The van der Waals surface area contributed by atoms with E-state index in [4.69, 9.17) is 9.72 Å². The maximum absolute atomic E-state index is 12.2. The Labute approximate surface area is 145 Å². The van der Waals surface area contributed by atoms with Gasteiger partial charge in [-0.05, 0) is 40.5 Å². The minimum absolute atomic E-state index is 0.229. The number of aromatic nitrogens is 2. The Morgan fingerprint density at radius 2 is 2.04 bits per heavy atom. The number of nitrogens with zero attached hydrogens (tertiary/aromatic N) is 2. The molecule has 2 heterocycles. The van der Waals surface area contributed by atoms with Gasteiger partial charge in [0.2, 0.25) is 0 Å². The van der Waals surface area contributed by atoms with Crippen LogP contribution in [0.3, 0.4) is 0 Å². The first-order chi connectivity index (χ1) is 11.3. The molecule has 1 amide bonds. The van der Waals surface area contributed by atoms with E-state index in [1.54, 1.807) is 4.90 Å². The van der Waals surface area contributed by atoms with E-state index >= 15 is 0 Å². The number of aromatic amines is 1. The molecule has 5 nitrogen and oxygen atoms in total. The average Bonchev–Trinajstić information content (AvgIpc) is 2.77. The largest absolute Gasteiger partial charge is 0.444 e. The highest BCUT2D eigenvalue weighted by Gasteiger charge is 2.25. The number of rotatable bonds is 4. The number of carbonyl (C=O) groups excluding carboxylic acids is 1. The van der Waals surface area contributed by atoms with Gasteiger partial charge in [-0.25, -0.2) is 9.78 Å². The van der Waals surface area contributed by atoms with Gasteiger partial charge in [0.15, 0.2) is 0 Å². The van der Waals surface area contributed by atoms with E-state index in [-0.39, 0.29) is 6.09 Å². The number of hydrogen-bond acceptors (Lipinski definition) is 3. The van der Waals surface area contributed by atoms with E-state index in [1.807, 2.05) is 20.8 Å². The summed E-state index contributed by atoms with van der Waals surface area (Å²) in [5, 5.41) is 0. The molecule has 134 valence electrons. The fraction of sp³-hybridized carbons (Fsp3) is 0.684. The summed E-state index contributed by atoms with van der Waals surface area (Å²) in [5.41, 5.74) is 3.25. The molecule has 0 radical (unpaired) electrons. The van der Waals surface area contributed by atoms with Gasteiger partial charge in [0, 0.05) is 38.0 Å². The zero-order chi connectivity index (χ0) is 17.7. The first kappa shape index (κ1) is 18.6. The Balaban J connectivity index is 1.91. The van der Waals surface area contributed by atoms with Crippen molar-refractivity contribution < 1.29 is 9.53 Å².